The Bertz CT molecular complexity index is 322. The van der Waals surface area contributed by atoms with E-state index in [1.165, 1.54) is 5.56 Å². The van der Waals surface area contributed by atoms with E-state index in [2.05, 4.69) is 34.8 Å². The van der Waals surface area contributed by atoms with Crippen LogP contribution in [0, 0.1) is 0 Å². The first-order chi connectivity index (χ1) is 7.19. The van der Waals surface area contributed by atoms with Crippen LogP contribution in [0.25, 0.3) is 0 Å². The fraction of sp³-hybridized carbons (Fsp3) is 0.417. The average Bonchev–Trinajstić information content (AvgIpc) is 2.28. The van der Waals surface area contributed by atoms with Crippen LogP contribution in [0.5, 0.6) is 0 Å². The minimum Gasteiger partial charge on any atom is -0.356 e. The van der Waals surface area contributed by atoms with Crippen LogP contribution in [0.15, 0.2) is 31.0 Å². The maximum atomic E-state index is 4.32. The molecule has 0 fully saturated rings. The summed E-state index contributed by atoms with van der Waals surface area (Å²) in [6.45, 7) is 6.66. The van der Waals surface area contributed by atoms with Crippen LogP contribution < -0.4 is 10.2 Å². The predicted octanol–water partition coefficient (Wildman–Crippen LogP) is 1.98. The highest BCUT2D eigenvalue weighted by atomic mass is 15.1. The highest BCUT2D eigenvalue weighted by Crippen LogP contribution is 2.16. The van der Waals surface area contributed by atoms with Crippen LogP contribution in [0.2, 0.25) is 0 Å². The van der Waals surface area contributed by atoms with Gasteiger partial charge in [0.25, 0.3) is 0 Å². The number of likely N-dealkylation sites (N-methyl/N-ethyl adjacent to an activating group) is 1. The third-order valence-corrected chi connectivity index (χ3v) is 2.50. The maximum Gasteiger partial charge on any atom is 0.128 e. The zero-order chi connectivity index (χ0) is 11.3. The quantitative estimate of drug-likeness (QED) is 0.745. The summed E-state index contributed by atoms with van der Waals surface area (Å²) in [6, 6.07) is 4.49. The molecule has 1 aromatic heterocycles. The molecule has 0 amide bonds. The minimum atomic E-state index is 0.351. The first-order valence-electron chi connectivity index (χ1n) is 5.14. The number of nitrogens with zero attached hydrogens (tertiary/aromatic N) is 2. The van der Waals surface area contributed by atoms with Crippen molar-refractivity contribution in [3.05, 3.63) is 36.5 Å². The summed E-state index contributed by atoms with van der Waals surface area (Å²) in [5.74, 6) is 0.981. The third kappa shape index (κ3) is 3.06. The van der Waals surface area contributed by atoms with E-state index in [1.54, 1.807) is 0 Å². The Hall–Kier alpha value is -1.35. The van der Waals surface area contributed by atoms with Crippen molar-refractivity contribution in [1.82, 2.24) is 10.3 Å². The van der Waals surface area contributed by atoms with E-state index in [4.69, 9.17) is 0 Å². The van der Waals surface area contributed by atoms with Gasteiger partial charge in [0.2, 0.25) is 0 Å². The van der Waals surface area contributed by atoms with E-state index in [0.29, 0.717) is 6.04 Å². The number of rotatable bonds is 5. The molecule has 0 saturated heterocycles. The molecule has 0 aliphatic rings. The van der Waals surface area contributed by atoms with Gasteiger partial charge in [-0.05, 0) is 31.7 Å². The van der Waals surface area contributed by atoms with Crippen molar-refractivity contribution in [1.29, 1.82) is 0 Å². The summed E-state index contributed by atoms with van der Waals surface area (Å²) in [6.07, 6.45) is 3.72. The van der Waals surface area contributed by atoms with Gasteiger partial charge in [-0.1, -0.05) is 6.08 Å². The first-order valence-corrected chi connectivity index (χ1v) is 5.14. The molecular weight excluding hydrogens is 186 g/mol. The van der Waals surface area contributed by atoms with Gasteiger partial charge in [0.15, 0.2) is 0 Å². The predicted molar refractivity (Wildman–Crippen MR) is 65.2 cm³/mol. The summed E-state index contributed by atoms with van der Waals surface area (Å²) >= 11 is 0. The van der Waals surface area contributed by atoms with Crippen molar-refractivity contribution in [2.75, 3.05) is 25.5 Å². The van der Waals surface area contributed by atoms with Gasteiger partial charge in [0, 0.05) is 25.8 Å². The zero-order valence-electron chi connectivity index (χ0n) is 9.70. The highest BCUT2D eigenvalue weighted by Gasteiger charge is 2.05. The van der Waals surface area contributed by atoms with Gasteiger partial charge in [-0.25, -0.2) is 4.98 Å². The van der Waals surface area contributed by atoms with Crippen molar-refractivity contribution in [3.8, 4) is 0 Å². The summed E-state index contributed by atoms with van der Waals surface area (Å²) in [7, 11) is 3.97. The van der Waals surface area contributed by atoms with Gasteiger partial charge in [0.05, 0.1) is 0 Å². The van der Waals surface area contributed by atoms with Crippen LogP contribution >= 0.6 is 0 Å². The summed E-state index contributed by atoms with van der Waals surface area (Å²) < 4.78 is 0. The Kier molecular flexibility index (Phi) is 4.31. The Balaban J connectivity index is 2.86. The van der Waals surface area contributed by atoms with Gasteiger partial charge >= 0.3 is 0 Å². The lowest BCUT2D eigenvalue weighted by Crippen LogP contribution is -2.19. The molecule has 0 saturated carbocycles. The zero-order valence-corrected chi connectivity index (χ0v) is 9.70. The van der Waals surface area contributed by atoms with E-state index >= 15 is 0 Å². The molecular formula is C12H19N3. The van der Waals surface area contributed by atoms with Crippen LogP contribution in [0.4, 0.5) is 5.82 Å². The molecule has 0 aliphatic heterocycles. The van der Waals surface area contributed by atoms with Crippen LogP contribution in [0.3, 0.4) is 0 Å². The van der Waals surface area contributed by atoms with Crippen molar-refractivity contribution in [3.63, 3.8) is 0 Å². The fourth-order valence-electron chi connectivity index (χ4n) is 1.37. The van der Waals surface area contributed by atoms with E-state index < -0.39 is 0 Å². The Morgan fingerprint density at radius 3 is 3.00 bits per heavy atom. The van der Waals surface area contributed by atoms with Gasteiger partial charge < -0.3 is 10.2 Å². The fourth-order valence-corrected chi connectivity index (χ4v) is 1.37. The summed E-state index contributed by atoms with van der Waals surface area (Å²) in [5, 5.41) is 3.21. The molecule has 1 heterocycles. The molecule has 0 spiro atoms. The van der Waals surface area contributed by atoms with E-state index in [-0.39, 0.29) is 0 Å². The molecule has 1 N–H and O–H groups in total. The summed E-state index contributed by atoms with van der Waals surface area (Å²) in [4.78, 5) is 6.39. The maximum absolute atomic E-state index is 4.32. The lowest BCUT2D eigenvalue weighted by Gasteiger charge is -2.18. The van der Waals surface area contributed by atoms with Crippen LogP contribution in [0.1, 0.15) is 18.5 Å². The molecule has 15 heavy (non-hydrogen) atoms. The van der Waals surface area contributed by atoms with Gasteiger partial charge in [-0.15, -0.1) is 6.58 Å². The van der Waals surface area contributed by atoms with Crippen molar-refractivity contribution in [2.45, 2.75) is 13.0 Å². The SMILES string of the molecule is C=CCN(C)c1cc(C(C)NC)ccn1. The minimum absolute atomic E-state index is 0.351. The smallest absolute Gasteiger partial charge is 0.128 e. The van der Waals surface area contributed by atoms with E-state index in [1.807, 2.05) is 32.4 Å². The third-order valence-electron chi connectivity index (χ3n) is 2.50. The number of pyridine rings is 1. The Morgan fingerprint density at radius 1 is 1.67 bits per heavy atom. The molecule has 3 heteroatoms. The average molecular weight is 205 g/mol. The lowest BCUT2D eigenvalue weighted by molar-refractivity contribution is 0.651. The largest absolute Gasteiger partial charge is 0.356 e. The highest BCUT2D eigenvalue weighted by molar-refractivity contribution is 5.41. The number of nitrogens with one attached hydrogen (secondary N) is 1. The second kappa shape index (κ2) is 5.51. The number of hydrogen-bond donors (Lipinski definition) is 1. The molecule has 0 aromatic carbocycles. The number of hydrogen-bond acceptors (Lipinski definition) is 3. The van der Waals surface area contributed by atoms with Gasteiger partial charge in [0.1, 0.15) is 5.82 Å². The van der Waals surface area contributed by atoms with Crippen molar-refractivity contribution in [2.24, 2.45) is 0 Å². The van der Waals surface area contributed by atoms with Gasteiger partial charge in [-0.3, -0.25) is 0 Å². The monoisotopic (exact) mass is 205 g/mol. The van der Waals surface area contributed by atoms with Crippen molar-refractivity contribution >= 4 is 5.82 Å². The standard InChI is InChI=1S/C12H19N3/c1-5-8-15(4)12-9-11(6-7-14-12)10(2)13-3/h5-7,9-10,13H,1,8H2,2-4H3. The molecule has 3 nitrogen and oxygen atoms in total. The molecule has 0 aliphatic carbocycles. The molecule has 1 atom stereocenters. The van der Waals surface area contributed by atoms with Crippen LogP contribution in [-0.2, 0) is 0 Å². The number of aromatic nitrogens is 1. The van der Waals surface area contributed by atoms with E-state index in [9.17, 15) is 0 Å². The molecule has 1 rings (SSSR count). The molecule has 0 radical (unpaired) electrons. The first kappa shape index (κ1) is 11.7. The second-order valence-corrected chi connectivity index (χ2v) is 3.63. The Labute approximate surface area is 91.8 Å². The Morgan fingerprint density at radius 2 is 2.40 bits per heavy atom. The second-order valence-electron chi connectivity index (χ2n) is 3.63. The van der Waals surface area contributed by atoms with Crippen molar-refractivity contribution < 1.29 is 0 Å². The lowest BCUT2D eigenvalue weighted by atomic mass is 10.1. The molecule has 82 valence electrons. The normalized spacial score (nSPS) is 12.2. The molecule has 0 bridgehead atoms. The van der Waals surface area contributed by atoms with Crippen LogP contribution in [-0.4, -0.2) is 25.6 Å². The number of anilines is 1. The molecule has 1 unspecified atom stereocenters. The topological polar surface area (TPSA) is 28.2 Å². The molecule has 1 aromatic rings. The van der Waals surface area contributed by atoms with Gasteiger partial charge in [-0.2, -0.15) is 0 Å². The van der Waals surface area contributed by atoms with E-state index in [0.717, 1.165) is 12.4 Å². The summed E-state index contributed by atoms with van der Waals surface area (Å²) in [5.41, 5.74) is 1.25.